The van der Waals surface area contributed by atoms with Gasteiger partial charge in [-0.1, -0.05) is 17.7 Å². The summed E-state index contributed by atoms with van der Waals surface area (Å²) in [5, 5.41) is 3.59. The molecule has 0 radical (unpaired) electrons. The van der Waals surface area contributed by atoms with Crippen LogP contribution in [0.4, 0.5) is 0 Å². The van der Waals surface area contributed by atoms with Gasteiger partial charge in [-0.2, -0.15) is 0 Å². The minimum atomic E-state index is -0.150. The molecule has 25 heavy (non-hydrogen) atoms. The van der Waals surface area contributed by atoms with Gasteiger partial charge in [0.25, 0.3) is 0 Å². The Kier molecular flexibility index (Phi) is 6.95. The zero-order valence-corrected chi connectivity index (χ0v) is 15.3. The second-order valence-corrected chi connectivity index (χ2v) is 5.89. The number of methoxy groups -OCH3 is 2. The van der Waals surface area contributed by atoms with Crippen LogP contribution in [-0.4, -0.2) is 26.7 Å². The normalized spacial score (nSPS) is 11.5. The lowest BCUT2D eigenvalue weighted by molar-refractivity contribution is -0.122. The number of hydrogen-bond donors (Lipinski definition) is 1. The molecule has 1 amide bonds. The van der Waals surface area contributed by atoms with Crippen molar-refractivity contribution < 1.29 is 19.0 Å². The number of carbonyl (C=O) groups excluding carboxylic acids is 1. The molecule has 0 aliphatic rings. The highest BCUT2D eigenvalue weighted by atomic mass is 35.5. The number of nitrogens with one attached hydrogen (secondary N) is 1. The Hall–Kier alpha value is -2.40. The summed E-state index contributed by atoms with van der Waals surface area (Å²) in [6.07, 6.45) is 0.264. The molecule has 0 spiro atoms. The van der Waals surface area contributed by atoms with Gasteiger partial charge in [-0.25, -0.2) is 0 Å². The van der Waals surface area contributed by atoms with E-state index < -0.39 is 0 Å². The third-order valence-corrected chi connectivity index (χ3v) is 3.95. The molecule has 0 fully saturated rings. The largest absolute Gasteiger partial charge is 0.493 e. The van der Waals surface area contributed by atoms with Crippen LogP contribution in [0.3, 0.4) is 0 Å². The average Bonchev–Trinajstić information content (AvgIpc) is 2.62. The molecule has 0 aliphatic heterocycles. The Labute approximate surface area is 152 Å². The van der Waals surface area contributed by atoms with Gasteiger partial charge in [0.15, 0.2) is 11.5 Å². The molecular weight excluding hydrogens is 342 g/mol. The fourth-order valence-corrected chi connectivity index (χ4v) is 2.44. The Bertz CT molecular complexity index is 703. The van der Waals surface area contributed by atoms with E-state index in [9.17, 15) is 4.79 Å². The summed E-state index contributed by atoms with van der Waals surface area (Å²) >= 11 is 5.82. The molecule has 2 aromatic carbocycles. The summed E-state index contributed by atoms with van der Waals surface area (Å²) in [6.45, 7) is 2.21. The minimum Gasteiger partial charge on any atom is -0.493 e. The van der Waals surface area contributed by atoms with Crippen molar-refractivity contribution in [3.8, 4) is 17.2 Å². The second kappa shape index (κ2) is 9.18. The first-order valence-electron chi connectivity index (χ1n) is 7.93. The van der Waals surface area contributed by atoms with Gasteiger partial charge in [0.05, 0.1) is 33.3 Å². The first-order chi connectivity index (χ1) is 12.0. The lowest BCUT2D eigenvalue weighted by Crippen LogP contribution is -2.27. The van der Waals surface area contributed by atoms with Gasteiger partial charge in [-0.05, 0) is 48.9 Å². The van der Waals surface area contributed by atoms with Gasteiger partial charge < -0.3 is 19.5 Å². The van der Waals surface area contributed by atoms with Crippen molar-refractivity contribution in [2.45, 2.75) is 19.4 Å². The molecule has 0 heterocycles. The molecule has 1 unspecified atom stereocenters. The quantitative estimate of drug-likeness (QED) is 0.770. The fraction of sp³-hybridized carbons (Fsp3) is 0.316. The molecular formula is C19H22ClNO4. The number of rotatable bonds is 8. The first-order valence-corrected chi connectivity index (χ1v) is 8.31. The van der Waals surface area contributed by atoms with Crippen LogP contribution >= 0.6 is 11.6 Å². The van der Waals surface area contributed by atoms with E-state index >= 15 is 0 Å². The van der Waals surface area contributed by atoms with Crippen molar-refractivity contribution in [1.82, 2.24) is 5.32 Å². The summed E-state index contributed by atoms with van der Waals surface area (Å²) in [7, 11) is 3.17. The Morgan fingerprint density at radius 2 is 1.76 bits per heavy atom. The molecule has 5 nitrogen and oxygen atoms in total. The summed E-state index contributed by atoms with van der Waals surface area (Å²) in [5.41, 5.74) is 0.935. The highest BCUT2D eigenvalue weighted by Gasteiger charge is 2.12. The molecule has 134 valence electrons. The van der Waals surface area contributed by atoms with Gasteiger partial charge in [0, 0.05) is 5.02 Å². The van der Waals surface area contributed by atoms with Crippen molar-refractivity contribution in [3.63, 3.8) is 0 Å². The van der Waals surface area contributed by atoms with E-state index in [2.05, 4.69) is 5.32 Å². The molecule has 0 bridgehead atoms. The molecule has 0 saturated heterocycles. The summed E-state index contributed by atoms with van der Waals surface area (Å²) in [4.78, 5) is 12.1. The van der Waals surface area contributed by atoms with E-state index in [1.54, 1.807) is 38.5 Å². The van der Waals surface area contributed by atoms with Crippen molar-refractivity contribution >= 4 is 17.5 Å². The molecule has 1 N–H and O–H groups in total. The predicted molar refractivity (Wildman–Crippen MR) is 97.7 cm³/mol. The van der Waals surface area contributed by atoms with Crippen molar-refractivity contribution in [3.05, 3.63) is 53.1 Å². The number of benzene rings is 2. The Morgan fingerprint density at radius 1 is 1.08 bits per heavy atom. The lowest BCUT2D eigenvalue weighted by Gasteiger charge is -2.16. The van der Waals surface area contributed by atoms with E-state index in [4.69, 9.17) is 25.8 Å². The van der Waals surface area contributed by atoms with Crippen molar-refractivity contribution in [1.29, 1.82) is 0 Å². The summed E-state index contributed by atoms with van der Waals surface area (Å²) in [5.74, 6) is 1.88. The van der Waals surface area contributed by atoms with Crippen molar-refractivity contribution in [2.75, 3.05) is 20.8 Å². The third kappa shape index (κ3) is 5.57. The third-order valence-electron chi connectivity index (χ3n) is 3.70. The van der Waals surface area contributed by atoms with Crippen LogP contribution in [-0.2, 0) is 4.79 Å². The lowest BCUT2D eigenvalue weighted by atomic mass is 10.1. The minimum absolute atomic E-state index is 0.0868. The van der Waals surface area contributed by atoms with Crippen molar-refractivity contribution in [2.24, 2.45) is 0 Å². The van der Waals surface area contributed by atoms with E-state index in [1.807, 2.05) is 25.1 Å². The molecule has 0 aromatic heterocycles. The van der Waals surface area contributed by atoms with Crippen LogP contribution in [0, 0.1) is 0 Å². The maximum Gasteiger partial charge on any atom is 0.223 e. The van der Waals surface area contributed by atoms with Gasteiger partial charge in [-0.15, -0.1) is 0 Å². The topological polar surface area (TPSA) is 56.8 Å². The maximum absolute atomic E-state index is 12.1. The zero-order valence-electron chi connectivity index (χ0n) is 14.5. The molecule has 2 rings (SSSR count). The number of ether oxygens (including phenoxy) is 3. The SMILES string of the molecule is COc1ccc(C(C)NC(=O)CCOc2ccc(Cl)cc2)cc1OC. The second-order valence-electron chi connectivity index (χ2n) is 5.46. The summed E-state index contributed by atoms with van der Waals surface area (Å²) in [6, 6.07) is 12.5. The van der Waals surface area contributed by atoms with Crippen LogP contribution in [0.15, 0.2) is 42.5 Å². The molecule has 2 aromatic rings. The van der Waals surface area contributed by atoms with Gasteiger partial charge in [0.1, 0.15) is 5.75 Å². The first kappa shape index (κ1) is 18.9. The predicted octanol–water partition coefficient (Wildman–Crippen LogP) is 4.00. The van der Waals surface area contributed by atoms with E-state index in [-0.39, 0.29) is 18.4 Å². The zero-order chi connectivity index (χ0) is 18.2. The Balaban J connectivity index is 1.84. The average molecular weight is 364 g/mol. The Morgan fingerprint density at radius 3 is 2.40 bits per heavy atom. The van der Waals surface area contributed by atoms with E-state index in [0.29, 0.717) is 28.9 Å². The molecule has 1 atom stereocenters. The highest BCUT2D eigenvalue weighted by molar-refractivity contribution is 6.30. The van der Waals surface area contributed by atoms with Crippen LogP contribution in [0.5, 0.6) is 17.2 Å². The van der Waals surface area contributed by atoms with Crippen LogP contribution < -0.4 is 19.5 Å². The standard InChI is InChI=1S/C19H22ClNO4/c1-13(14-4-9-17(23-2)18(12-14)24-3)21-19(22)10-11-25-16-7-5-15(20)6-8-16/h4-9,12-13H,10-11H2,1-3H3,(H,21,22). The number of halogens is 1. The van der Waals surface area contributed by atoms with Crippen LogP contribution in [0.25, 0.3) is 0 Å². The monoisotopic (exact) mass is 363 g/mol. The smallest absolute Gasteiger partial charge is 0.223 e. The number of amides is 1. The van der Waals surface area contributed by atoms with Gasteiger partial charge in [0.2, 0.25) is 5.91 Å². The van der Waals surface area contributed by atoms with Crippen LogP contribution in [0.1, 0.15) is 24.9 Å². The maximum atomic E-state index is 12.1. The summed E-state index contributed by atoms with van der Waals surface area (Å²) < 4.78 is 16.0. The van der Waals surface area contributed by atoms with Gasteiger partial charge >= 0.3 is 0 Å². The molecule has 0 aliphatic carbocycles. The van der Waals surface area contributed by atoms with Gasteiger partial charge in [-0.3, -0.25) is 4.79 Å². The molecule has 0 saturated carbocycles. The van der Waals surface area contributed by atoms with E-state index in [1.165, 1.54) is 0 Å². The highest BCUT2D eigenvalue weighted by Crippen LogP contribution is 2.29. The molecule has 6 heteroatoms. The number of hydrogen-bond acceptors (Lipinski definition) is 4. The van der Waals surface area contributed by atoms with E-state index in [0.717, 1.165) is 5.56 Å². The fourth-order valence-electron chi connectivity index (χ4n) is 2.31. The van der Waals surface area contributed by atoms with Crippen LogP contribution in [0.2, 0.25) is 5.02 Å². The number of carbonyl (C=O) groups is 1.